The number of nitrogens with zero attached hydrogens (tertiary/aromatic N) is 1. The molecule has 0 saturated carbocycles. The Kier molecular flexibility index (Phi) is 7.64. The number of rotatable bonds is 8. The van der Waals surface area contributed by atoms with Gasteiger partial charge in [0.2, 0.25) is 5.91 Å². The number of carbonyl (C=O) groups is 3. The number of hydrogen-bond acceptors (Lipinski definition) is 4. The first-order chi connectivity index (χ1) is 16.0. The zero-order valence-electron chi connectivity index (χ0n) is 20.5. The van der Waals surface area contributed by atoms with Crippen molar-refractivity contribution in [1.82, 2.24) is 10.2 Å². The van der Waals surface area contributed by atoms with Crippen LogP contribution >= 0.6 is 0 Å². The zero-order valence-corrected chi connectivity index (χ0v) is 20.5. The Balaban J connectivity index is 1.74. The minimum absolute atomic E-state index is 0.0888. The highest BCUT2D eigenvalue weighted by atomic mass is 16.5. The normalized spacial score (nSPS) is 13.7. The molecule has 0 spiro atoms. The number of aliphatic carboxylic acids is 1. The van der Waals surface area contributed by atoms with E-state index in [2.05, 4.69) is 17.4 Å². The van der Waals surface area contributed by atoms with E-state index in [4.69, 9.17) is 4.74 Å². The smallest absolute Gasteiger partial charge is 0.407 e. The molecule has 7 nitrogen and oxygen atoms in total. The summed E-state index contributed by atoms with van der Waals surface area (Å²) in [4.78, 5) is 38.6. The lowest BCUT2D eigenvalue weighted by atomic mass is 9.87. The highest BCUT2D eigenvalue weighted by molar-refractivity contribution is 5.88. The number of amides is 2. The molecule has 182 valence electrons. The molecule has 2 amide bonds. The van der Waals surface area contributed by atoms with E-state index in [1.165, 1.54) is 4.90 Å². The first-order valence-corrected chi connectivity index (χ1v) is 11.6. The monoisotopic (exact) mass is 466 g/mol. The summed E-state index contributed by atoms with van der Waals surface area (Å²) < 4.78 is 5.62. The van der Waals surface area contributed by atoms with Crippen LogP contribution in [0.15, 0.2) is 48.5 Å². The first-order valence-electron chi connectivity index (χ1n) is 11.6. The van der Waals surface area contributed by atoms with E-state index in [0.717, 1.165) is 22.3 Å². The molecule has 0 saturated heterocycles. The number of fused-ring (bicyclic) bond motifs is 3. The molecule has 0 heterocycles. The van der Waals surface area contributed by atoms with Crippen LogP contribution in [0.25, 0.3) is 11.1 Å². The molecular formula is C27H34N2O5. The van der Waals surface area contributed by atoms with Crippen molar-refractivity contribution in [2.24, 2.45) is 5.41 Å². The molecule has 1 unspecified atom stereocenters. The Bertz CT molecular complexity index is 1010. The average molecular weight is 467 g/mol. The van der Waals surface area contributed by atoms with Gasteiger partial charge in [0.1, 0.15) is 19.2 Å². The van der Waals surface area contributed by atoms with Crippen LogP contribution in [0, 0.1) is 5.41 Å². The van der Waals surface area contributed by atoms with Gasteiger partial charge >= 0.3 is 12.1 Å². The fourth-order valence-electron chi connectivity index (χ4n) is 4.46. The SMILES string of the molecule is CC(C)N(CC(=O)O)C(=O)C(CC(C)(C)C)NC(=O)OCC1c2ccccc2-c2ccccc21. The minimum atomic E-state index is -1.10. The summed E-state index contributed by atoms with van der Waals surface area (Å²) >= 11 is 0. The molecule has 3 rings (SSSR count). The molecule has 0 fully saturated rings. The second kappa shape index (κ2) is 10.3. The number of carbonyl (C=O) groups excluding carboxylic acids is 2. The molecule has 0 bridgehead atoms. The lowest BCUT2D eigenvalue weighted by Crippen LogP contribution is -2.53. The highest BCUT2D eigenvalue weighted by Gasteiger charge is 2.33. The van der Waals surface area contributed by atoms with Crippen molar-refractivity contribution in [3.05, 3.63) is 59.7 Å². The number of nitrogens with one attached hydrogen (secondary N) is 1. The summed E-state index contributed by atoms with van der Waals surface area (Å²) in [6.45, 7) is 9.10. The molecular weight excluding hydrogens is 432 g/mol. The van der Waals surface area contributed by atoms with Gasteiger partial charge in [-0.3, -0.25) is 9.59 Å². The van der Waals surface area contributed by atoms with Crippen molar-refractivity contribution >= 4 is 18.0 Å². The third kappa shape index (κ3) is 5.95. The summed E-state index contributed by atoms with van der Waals surface area (Å²) in [6.07, 6.45) is -0.345. The maximum atomic E-state index is 13.2. The topological polar surface area (TPSA) is 95.9 Å². The third-order valence-corrected chi connectivity index (χ3v) is 5.96. The average Bonchev–Trinajstić information content (AvgIpc) is 3.08. The van der Waals surface area contributed by atoms with Gasteiger partial charge in [-0.2, -0.15) is 0 Å². The van der Waals surface area contributed by atoms with Crippen molar-refractivity contribution in [2.75, 3.05) is 13.2 Å². The molecule has 1 aliphatic rings. The summed E-state index contributed by atoms with van der Waals surface area (Å²) in [5.74, 6) is -1.62. The molecule has 2 N–H and O–H groups in total. The molecule has 7 heteroatoms. The summed E-state index contributed by atoms with van der Waals surface area (Å²) in [6, 6.07) is 14.9. The standard InChI is InChI=1S/C27H34N2O5/c1-17(2)29(15-24(30)31)25(32)23(14-27(3,4)5)28-26(33)34-16-22-20-12-8-6-10-18(20)19-11-7-9-13-21(19)22/h6-13,17,22-23H,14-16H2,1-5H3,(H,28,33)(H,30,31). The molecule has 1 aliphatic carbocycles. The van der Waals surface area contributed by atoms with Crippen LogP contribution in [0.1, 0.15) is 58.1 Å². The number of benzene rings is 2. The van der Waals surface area contributed by atoms with E-state index in [0.29, 0.717) is 6.42 Å². The molecule has 2 aromatic rings. The fraction of sp³-hybridized carbons (Fsp3) is 0.444. The number of carboxylic acids is 1. The molecule has 1 atom stereocenters. The summed E-state index contributed by atoms with van der Waals surface area (Å²) in [5, 5.41) is 11.9. The molecule has 0 aromatic heterocycles. The van der Waals surface area contributed by atoms with Crippen LogP contribution in [-0.2, 0) is 14.3 Å². The maximum Gasteiger partial charge on any atom is 0.407 e. The Morgan fingerprint density at radius 3 is 2.00 bits per heavy atom. The van der Waals surface area contributed by atoms with Crippen LogP contribution in [-0.4, -0.2) is 53.2 Å². The summed E-state index contributed by atoms with van der Waals surface area (Å²) in [5.41, 5.74) is 4.20. The number of alkyl carbamates (subject to hydrolysis) is 1. The minimum Gasteiger partial charge on any atom is -0.480 e. The third-order valence-electron chi connectivity index (χ3n) is 5.96. The summed E-state index contributed by atoms with van der Waals surface area (Å²) in [7, 11) is 0. The Morgan fingerprint density at radius 2 is 1.53 bits per heavy atom. The number of ether oxygens (including phenoxy) is 1. The van der Waals surface area contributed by atoms with E-state index in [-0.39, 0.29) is 24.0 Å². The second-order valence-electron chi connectivity index (χ2n) is 10.2. The molecule has 2 aromatic carbocycles. The lowest BCUT2D eigenvalue weighted by molar-refractivity contribution is -0.147. The van der Waals surface area contributed by atoms with Crippen LogP contribution in [0.2, 0.25) is 0 Å². The lowest BCUT2D eigenvalue weighted by Gasteiger charge is -2.32. The van der Waals surface area contributed by atoms with Gasteiger partial charge in [-0.05, 0) is 47.9 Å². The maximum absolute atomic E-state index is 13.2. The van der Waals surface area contributed by atoms with Gasteiger partial charge in [0.15, 0.2) is 0 Å². The van der Waals surface area contributed by atoms with Crippen molar-refractivity contribution in [2.45, 2.75) is 59.0 Å². The van der Waals surface area contributed by atoms with Crippen molar-refractivity contribution < 1.29 is 24.2 Å². The predicted octanol–water partition coefficient (Wildman–Crippen LogP) is 4.65. The highest BCUT2D eigenvalue weighted by Crippen LogP contribution is 2.44. The largest absolute Gasteiger partial charge is 0.480 e. The zero-order chi connectivity index (χ0) is 25.0. The Hall–Kier alpha value is -3.35. The van der Waals surface area contributed by atoms with E-state index in [1.807, 2.05) is 57.2 Å². The van der Waals surface area contributed by atoms with E-state index in [9.17, 15) is 19.5 Å². The van der Waals surface area contributed by atoms with Gasteiger partial charge < -0.3 is 20.1 Å². The van der Waals surface area contributed by atoms with Gasteiger partial charge in [0, 0.05) is 12.0 Å². The van der Waals surface area contributed by atoms with Crippen LogP contribution in [0.3, 0.4) is 0 Å². The quantitative estimate of drug-likeness (QED) is 0.590. The number of hydrogen-bond donors (Lipinski definition) is 2. The predicted molar refractivity (Wildman–Crippen MR) is 131 cm³/mol. The van der Waals surface area contributed by atoms with Gasteiger partial charge in [-0.1, -0.05) is 69.3 Å². The fourth-order valence-corrected chi connectivity index (χ4v) is 4.46. The van der Waals surface area contributed by atoms with Crippen LogP contribution < -0.4 is 5.32 Å². The van der Waals surface area contributed by atoms with Gasteiger partial charge in [-0.25, -0.2) is 4.79 Å². The van der Waals surface area contributed by atoms with E-state index >= 15 is 0 Å². The molecule has 34 heavy (non-hydrogen) atoms. The Morgan fingerprint density at radius 1 is 1.00 bits per heavy atom. The van der Waals surface area contributed by atoms with Gasteiger partial charge in [0.05, 0.1) is 0 Å². The van der Waals surface area contributed by atoms with Crippen LogP contribution in [0.5, 0.6) is 0 Å². The van der Waals surface area contributed by atoms with Gasteiger partial charge in [-0.15, -0.1) is 0 Å². The molecule has 0 aliphatic heterocycles. The Labute approximate surface area is 201 Å². The van der Waals surface area contributed by atoms with E-state index < -0.39 is 30.6 Å². The number of carboxylic acid groups (broad SMARTS) is 1. The van der Waals surface area contributed by atoms with Crippen molar-refractivity contribution in [3.8, 4) is 11.1 Å². The van der Waals surface area contributed by atoms with Crippen molar-refractivity contribution in [3.63, 3.8) is 0 Å². The second-order valence-corrected chi connectivity index (χ2v) is 10.2. The first kappa shape index (κ1) is 25.3. The van der Waals surface area contributed by atoms with Crippen molar-refractivity contribution in [1.29, 1.82) is 0 Å². The van der Waals surface area contributed by atoms with Crippen LogP contribution in [0.4, 0.5) is 4.79 Å². The van der Waals surface area contributed by atoms with Gasteiger partial charge in [0.25, 0.3) is 0 Å². The molecule has 0 radical (unpaired) electrons. The van der Waals surface area contributed by atoms with E-state index in [1.54, 1.807) is 13.8 Å².